The van der Waals surface area contributed by atoms with Crippen LogP contribution in [0.3, 0.4) is 0 Å². The highest BCUT2D eigenvalue weighted by atomic mass is 35.5. The lowest BCUT2D eigenvalue weighted by molar-refractivity contribution is 0.589. The first kappa shape index (κ1) is 15.3. The molecular weight excluding hydrogens is 296 g/mol. The van der Waals surface area contributed by atoms with Crippen molar-refractivity contribution < 1.29 is 4.39 Å². The van der Waals surface area contributed by atoms with E-state index in [2.05, 4.69) is 19.2 Å². The predicted molar refractivity (Wildman–Crippen MR) is 83.8 cm³/mol. The normalized spacial score (nSPS) is 11.1. The van der Waals surface area contributed by atoms with E-state index >= 15 is 0 Å². The first-order valence-electron chi connectivity index (χ1n) is 6.44. The standard InChI is InChI=1S/C16H16Cl2FN/c1-10(2)20-9-11-3-4-13(17)8-16(11)12-5-14(18)7-15(19)6-12/h3-8,10,20H,9H2,1-2H3. The monoisotopic (exact) mass is 311 g/mol. The van der Waals surface area contributed by atoms with Crippen LogP contribution in [0.2, 0.25) is 10.0 Å². The number of benzene rings is 2. The lowest BCUT2D eigenvalue weighted by Crippen LogP contribution is -2.22. The molecule has 0 unspecified atom stereocenters. The summed E-state index contributed by atoms with van der Waals surface area (Å²) in [5.74, 6) is -0.352. The molecular formula is C16H16Cl2FN. The third-order valence-corrected chi connectivity index (χ3v) is 3.40. The maximum atomic E-state index is 13.5. The van der Waals surface area contributed by atoms with Crippen molar-refractivity contribution in [3.63, 3.8) is 0 Å². The van der Waals surface area contributed by atoms with E-state index < -0.39 is 0 Å². The van der Waals surface area contributed by atoms with Gasteiger partial charge in [0.15, 0.2) is 0 Å². The molecule has 0 amide bonds. The number of rotatable bonds is 4. The van der Waals surface area contributed by atoms with Crippen LogP contribution >= 0.6 is 23.2 Å². The molecule has 1 N–H and O–H groups in total. The molecule has 1 nitrogen and oxygen atoms in total. The Morgan fingerprint density at radius 2 is 1.80 bits per heavy atom. The van der Waals surface area contributed by atoms with Gasteiger partial charge in [-0.3, -0.25) is 0 Å². The van der Waals surface area contributed by atoms with Gasteiger partial charge in [-0.1, -0.05) is 43.1 Å². The second-order valence-corrected chi connectivity index (χ2v) is 5.87. The molecule has 0 aliphatic carbocycles. The molecule has 0 aliphatic heterocycles. The summed E-state index contributed by atoms with van der Waals surface area (Å²) in [6.45, 7) is 4.85. The third kappa shape index (κ3) is 3.95. The smallest absolute Gasteiger partial charge is 0.125 e. The fourth-order valence-electron chi connectivity index (χ4n) is 1.99. The van der Waals surface area contributed by atoms with Gasteiger partial charge in [-0.15, -0.1) is 0 Å². The molecule has 0 heterocycles. The molecule has 2 rings (SSSR count). The van der Waals surface area contributed by atoms with E-state index in [0.29, 0.717) is 22.6 Å². The highest BCUT2D eigenvalue weighted by molar-refractivity contribution is 6.31. The SMILES string of the molecule is CC(C)NCc1ccc(Cl)cc1-c1cc(F)cc(Cl)c1. The quantitative estimate of drug-likeness (QED) is 0.808. The molecule has 0 aliphatic rings. The molecule has 106 valence electrons. The van der Waals surface area contributed by atoms with E-state index in [0.717, 1.165) is 16.7 Å². The van der Waals surface area contributed by atoms with Crippen molar-refractivity contribution in [2.24, 2.45) is 0 Å². The second-order valence-electron chi connectivity index (χ2n) is 5.00. The van der Waals surface area contributed by atoms with Crippen LogP contribution in [0.4, 0.5) is 4.39 Å². The van der Waals surface area contributed by atoms with E-state index in [4.69, 9.17) is 23.2 Å². The first-order chi connectivity index (χ1) is 9.45. The van der Waals surface area contributed by atoms with Crippen molar-refractivity contribution in [2.45, 2.75) is 26.4 Å². The number of hydrogen-bond acceptors (Lipinski definition) is 1. The third-order valence-electron chi connectivity index (χ3n) is 2.95. The Labute approximate surface area is 128 Å². The Morgan fingerprint density at radius 1 is 1.05 bits per heavy atom. The lowest BCUT2D eigenvalue weighted by atomic mass is 9.99. The van der Waals surface area contributed by atoms with Gasteiger partial charge in [0.25, 0.3) is 0 Å². The minimum Gasteiger partial charge on any atom is -0.310 e. The van der Waals surface area contributed by atoms with E-state index in [9.17, 15) is 4.39 Å². The van der Waals surface area contributed by atoms with Crippen LogP contribution in [0, 0.1) is 5.82 Å². The zero-order valence-electron chi connectivity index (χ0n) is 11.4. The predicted octanol–water partition coefficient (Wildman–Crippen LogP) is 5.30. The first-order valence-corrected chi connectivity index (χ1v) is 7.19. The Bertz CT molecular complexity index is 591. The molecule has 0 saturated carbocycles. The average Bonchev–Trinajstić information content (AvgIpc) is 2.36. The van der Waals surface area contributed by atoms with Gasteiger partial charge in [-0.25, -0.2) is 4.39 Å². The Balaban J connectivity index is 2.45. The van der Waals surface area contributed by atoms with Crippen LogP contribution in [0.1, 0.15) is 19.4 Å². The highest BCUT2D eigenvalue weighted by Gasteiger charge is 2.09. The summed E-state index contributed by atoms with van der Waals surface area (Å²) in [4.78, 5) is 0. The number of halogens is 3. The van der Waals surface area contributed by atoms with Gasteiger partial charge in [-0.05, 0) is 47.0 Å². The lowest BCUT2D eigenvalue weighted by Gasteiger charge is -2.14. The van der Waals surface area contributed by atoms with Crippen molar-refractivity contribution in [3.05, 3.63) is 57.8 Å². The average molecular weight is 312 g/mol. The summed E-state index contributed by atoms with van der Waals surface area (Å²) in [6, 6.07) is 10.5. The van der Waals surface area contributed by atoms with Crippen LogP contribution in [0.15, 0.2) is 36.4 Å². The van der Waals surface area contributed by atoms with Crippen LogP contribution in [0.5, 0.6) is 0 Å². The molecule has 0 radical (unpaired) electrons. The zero-order valence-corrected chi connectivity index (χ0v) is 12.9. The molecule has 0 aromatic heterocycles. The van der Waals surface area contributed by atoms with Crippen LogP contribution in [0.25, 0.3) is 11.1 Å². The van der Waals surface area contributed by atoms with Crippen molar-refractivity contribution in [1.82, 2.24) is 5.32 Å². The molecule has 0 bridgehead atoms. The minimum absolute atomic E-state index is 0.352. The molecule has 0 spiro atoms. The van der Waals surface area contributed by atoms with E-state index in [1.807, 2.05) is 18.2 Å². The van der Waals surface area contributed by atoms with Crippen molar-refractivity contribution in [2.75, 3.05) is 0 Å². The molecule has 2 aromatic carbocycles. The van der Waals surface area contributed by atoms with Gasteiger partial charge in [-0.2, -0.15) is 0 Å². The molecule has 0 fully saturated rings. The Morgan fingerprint density at radius 3 is 2.45 bits per heavy atom. The molecule has 4 heteroatoms. The molecule has 0 saturated heterocycles. The van der Waals surface area contributed by atoms with Crippen LogP contribution < -0.4 is 5.32 Å². The van der Waals surface area contributed by atoms with E-state index in [1.54, 1.807) is 6.07 Å². The fourth-order valence-corrected chi connectivity index (χ4v) is 2.39. The maximum absolute atomic E-state index is 13.5. The zero-order chi connectivity index (χ0) is 14.7. The topological polar surface area (TPSA) is 12.0 Å². The van der Waals surface area contributed by atoms with E-state index in [-0.39, 0.29) is 5.82 Å². The summed E-state index contributed by atoms with van der Waals surface area (Å²) in [7, 11) is 0. The van der Waals surface area contributed by atoms with Gasteiger partial charge in [0.05, 0.1) is 0 Å². The summed E-state index contributed by atoms with van der Waals surface area (Å²) in [6.07, 6.45) is 0. The van der Waals surface area contributed by atoms with Gasteiger partial charge in [0.2, 0.25) is 0 Å². The summed E-state index contributed by atoms with van der Waals surface area (Å²) < 4.78 is 13.5. The fraction of sp³-hybridized carbons (Fsp3) is 0.250. The van der Waals surface area contributed by atoms with Crippen LogP contribution in [-0.4, -0.2) is 6.04 Å². The van der Waals surface area contributed by atoms with Crippen molar-refractivity contribution in [3.8, 4) is 11.1 Å². The van der Waals surface area contributed by atoms with Gasteiger partial charge in [0.1, 0.15) is 5.82 Å². The molecule has 0 atom stereocenters. The summed E-state index contributed by atoms with van der Waals surface area (Å²) >= 11 is 12.0. The summed E-state index contributed by atoms with van der Waals surface area (Å²) in [5, 5.41) is 4.35. The molecule has 20 heavy (non-hydrogen) atoms. The maximum Gasteiger partial charge on any atom is 0.125 e. The number of nitrogens with one attached hydrogen (secondary N) is 1. The van der Waals surface area contributed by atoms with Gasteiger partial charge < -0.3 is 5.32 Å². The largest absolute Gasteiger partial charge is 0.310 e. The highest BCUT2D eigenvalue weighted by Crippen LogP contribution is 2.30. The van der Waals surface area contributed by atoms with Gasteiger partial charge in [0, 0.05) is 22.6 Å². The van der Waals surface area contributed by atoms with E-state index in [1.165, 1.54) is 12.1 Å². The Hall–Kier alpha value is -1.09. The Kier molecular flexibility index (Phi) is 5.03. The van der Waals surface area contributed by atoms with Gasteiger partial charge >= 0.3 is 0 Å². The van der Waals surface area contributed by atoms with Crippen molar-refractivity contribution in [1.29, 1.82) is 0 Å². The number of hydrogen-bond donors (Lipinski definition) is 1. The second kappa shape index (κ2) is 6.57. The van der Waals surface area contributed by atoms with Crippen LogP contribution in [-0.2, 0) is 6.54 Å². The summed E-state index contributed by atoms with van der Waals surface area (Å²) in [5.41, 5.74) is 2.69. The molecule has 2 aromatic rings. The minimum atomic E-state index is -0.352. The van der Waals surface area contributed by atoms with Crippen molar-refractivity contribution >= 4 is 23.2 Å².